The van der Waals surface area contributed by atoms with Crippen LogP contribution in [0.5, 0.6) is 0 Å². The number of amidine groups is 1. The second-order valence-electron chi connectivity index (χ2n) is 6.05. The molecule has 0 amide bonds. The molecular weight excluding hydrogens is 274 g/mol. The second-order valence-corrected chi connectivity index (χ2v) is 6.49. The summed E-state index contributed by atoms with van der Waals surface area (Å²) >= 11 is 5.90. The Morgan fingerprint density at radius 1 is 1.25 bits per heavy atom. The molecule has 1 aromatic carbocycles. The summed E-state index contributed by atoms with van der Waals surface area (Å²) in [5, 5.41) is 8.39. The highest BCUT2D eigenvalue weighted by Crippen LogP contribution is 2.43. The standard InChI is InChI=1S/C15H18ClN3O/c16-12-1-3-13(4-2-12)17-14-9-15(20-18-14)10-19-7-5-11(15)6-8-19/h1-4,11H,5-10H2,(H,17,18)/t15-/m0/s1. The average molecular weight is 292 g/mol. The van der Waals surface area contributed by atoms with Gasteiger partial charge in [-0.25, -0.2) is 0 Å². The van der Waals surface area contributed by atoms with Crippen LogP contribution in [0.1, 0.15) is 19.3 Å². The van der Waals surface area contributed by atoms with Gasteiger partial charge in [-0.1, -0.05) is 16.8 Å². The molecule has 1 N–H and O–H groups in total. The molecule has 5 heteroatoms. The molecule has 1 aromatic rings. The molecule has 0 radical (unpaired) electrons. The average Bonchev–Trinajstić information content (AvgIpc) is 2.85. The maximum atomic E-state index is 5.90. The van der Waals surface area contributed by atoms with Crippen LogP contribution in [0, 0.1) is 5.92 Å². The van der Waals surface area contributed by atoms with Crippen LogP contribution in [-0.2, 0) is 4.84 Å². The van der Waals surface area contributed by atoms with Crippen molar-refractivity contribution in [2.24, 2.45) is 11.1 Å². The first-order valence-corrected chi connectivity index (χ1v) is 7.61. The molecule has 20 heavy (non-hydrogen) atoms. The van der Waals surface area contributed by atoms with E-state index in [9.17, 15) is 0 Å². The van der Waals surface area contributed by atoms with Gasteiger partial charge in [0.25, 0.3) is 0 Å². The van der Waals surface area contributed by atoms with Crippen molar-refractivity contribution in [1.82, 2.24) is 4.90 Å². The number of hydrogen-bond donors (Lipinski definition) is 1. The number of piperidine rings is 3. The summed E-state index contributed by atoms with van der Waals surface area (Å²) in [6.45, 7) is 3.46. The molecule has 3 saturated heterocycles. The summed E-state index contributed by atoms with van der Waals surface area (Å²) in [6, 6.07) is 7.69. The smallest absolute Gasteiger partial charge is 0.160 e. The van der Waals surface area contributed by atoms with Gasteiger partial charge in [0.05, 0.1) is 6.42 Å². The van der Waals surface area contributed by atoms with Crippen LogP contribution < -0.4 is 5.32 Å². The van der Waals surface area contributed by atoms with Crippen LogP contribution in [0.25, 0.3) is 0 Å². The van der Waals surface area contributed by atoms with Crippen molar-refractivity contribution in [3.05, 3.63) is 29.3 Å². The monoisotopic (exact) mass is 291 g/mol. The highest BCUT2D eigenvalue weighted by Gasteiger charge is 2.52. The number of hydrogen-bond acceptors (Lipinski definition) is 4. The Labute approximate surface area is 123 Å². The lowest BCUT2D eigenvalue weighted by atomic mass is 9.73. The Kier molecular flexibility index (Phi) is 2.89. The van der Waals surface area contributed by atoms with E-state index in [1.807, 2.05) is 24.3 Å². The van der Waals surface area contributed by atoms with E-state index in [4.69, 9.17) is 16.4 Å². The zero-order valence-corrected chi connectivity index (χ0v) is 12.1. The molecule has 2 bridgehead atoms. The fourth-order valence-electron chi connectivity index (χ4n) is 3.69. The molecule has 3 fully saturated rings. The molecule has 4 aliphatic heterocycles. The van der Waals surface area contributed by atoms with E-state index in [2.05, 4.69) is 15.4 Å². The third-order valence-corrected chi connectivity index (χ3v) is 5.01. The fraction of sp³-hybridized carbons (Fsp3) is 0.533. The quantitative estimate of drug-likeness (QED) is 0.864. The van der Waals surface area contributed by atoms with Gasteiger partial charge in [0, 0.05) is 23.2 Å². The van der Waals surface area contributed by atoms with E-state index in [0.29, 0.717) is 5.92 Å². The van der Waals surface area contributed by atoms with Gasteiger partial charge in [-0.05, 0) is 50.2 Å². The summed E-state index contributed by atoms with van der Waals surface area (Å²) in [6.07, 6.45) is 3.37. The Hall–Kier alpha value is -1.26. The van der Waals surface area contributed by atoms with Gasteiger partial charge in [0.15, 0.2) is 11.4 Å². The summed E-state index contributed by atoms with van der Waals surface area (Å²) in [4.78, 5) is 8.38. The number of rotatable bonds is 1. The van der Waals surface area contributed by atoms with E-state index in [-0.39, 0.29) is 5.60 Å². The Bertz CT molecular complexity index is 537. The first-order valence-electron chi connectivity index (χ1n) is 7.24. The molecule has 4 nitrogen and oxygen atoms in total. The van der Waals surface area contributed by atoms with Crippen LogP contribution in [0.4, 0.5) is 5.69 Å². The first-order chi connectivity index (χ1) is 9.73. The van der Waals surface area contributed by atoms with E-state index in [0.717, 1.165) is 29.5 Å². The topological polar surface area (TPSA) is 36.9 Å². The fourth-order valence-corrected chi connectivity index (χ4v) is 3.82. The molecule has 0 aliphatic carbocycles. The lowest BCUT2D eigenvalue weighted by molar-refractivity contribution is -0.136. The van der Waals surface area contributed by atoms with Crippen molar-refractivity contribution >= 4 is 23.1 Å². The summed E-state index contributed by atoms with van der Waals surface area (Å²) in [5.74, 6) is 1.59. The molecule has 5 rings (SSSR count). The normalized spacial score (nSPS) is 35.0. The number of fused-ring (bicyclic) bond motifs is 2. The maximum Gasteiger partial charge on any atom is 0.160 e. The van der Waals surface area contributed by atoms with Crippen molar-refractivity contribution in [1.29, 1.82) is 0 Å². The highest BCUT2D eigenvalue weighted by molar-refractivity contribution is 6.30. The van der Waals surface area contributed by atoms with Crippen molar-refractivity contribution < 1.29 is 4.84 Å². The Morgan fingerprint density at radius 3 is 2.65 bits per heavy atom. The number of oxime groups is 1. The molecule has 0 aromatic heterocycles. The van der Waals surface area contributed by atoms with Gasteiger partial charge in [-0.15, -0.1) is 0 Å². The van der Waals surface area contributed by atoms with Gasteiger partial charge in [-0.2, -0.15) is 0 Å². The first kappa shape index (κ1) is 12.5. The van der Waals surface area contributed by atoms with Crippen molar-refractivity contribution in [2.45, 2.75) is 24.9 Å². The van der Waals surface area contributed by atoms with Crippen LogP contribution in [-0.4, -0.2) is 36.0 Å². The minimum absolute atomic E-state index is 0.0781. The molecule has 1 spiro atoms. The van der Waals surface area contributed by atoms with Crippen molar-refractivity contribution in [2.75, 3.05) is 25.0 Å². The Balaban J connectivity index is 1.46. The van der Waals surface area contributed by atoms with Gasteiger partial charge in [-0.3, -0.25) is 4.90 Å². The largest absolute Gasteiger partial charge is 0.386 e. The third-order valence-electron chi connectivity index (χ3n) is 4.76. The van der Waals surface area contributed by atoms with E-state index < -0.39 is 0 Å². The molecule has 1 atom stereocenters. The zero-order chi connectivity index (χ0) is 13.6. The molecule has 0 unspecified atom stereocenters. The lowest BCUT2D eigenvalue weighted by Gasteiger charge is -2.49. The lowest BCUT2D eigenvalue weighted by Crippen LogP contribution is -2.59. The minimum Gasteiger partial charge on any atom is -0.386 e. The third kappa shape index (κ3) is 2.07. The number of nitrogens with one attached hydrogen (secondary N) is 1. The predicted octanol–water partition coefficient (Wildman–Crippen LogP) is 2.95. The number of benzene rings is 1. The van der Waals surface area contributed by atoms with E-state index >= 15 is 0 Å². The number of anilines is 1. The molecule has 4 aliphatic rings. The van der Waals surface area contributed by atoms with Crippen LogP contribution >= 0.6 is 11.6 Å². The zero-order valence-electron chi connectivity index (χ0n) is 11.3. The van der Waals surface area contributed by atoms with Crippen LogP contribution in [0.2, 0.25) is 5.02 Å². The highest BCUT2D eigenvalue weighted by atomic mass is 35.5. The van der Waals surface area contributed by atoms with Gasteiger partial charge < -0.3 is 10.2 Å². The molecule has 106 valence electrons. The van der Waals surface area contributed by atoms with Gasteiger partial charge >= 0.3 is 0 Å². The SMILES string of the molecule is Clc1ccc(NC2=NO[C@@]3(C2)CN2CCC3CC2)cc1. The van der Waals surface area contributed by atoms with Gasteiger partial charge in [0.2, 0.25) is 0 Å². The number of halogens is 1. The van der Waals surface area contributed by atoms with Gasteiger partial charge in [0.1, 0.15) is 0 Å². The molecular formula is C15H18ClN3O. The summed E-state index contributed by atoms with van der Waals surface area (Å²) in [7, 11) is 0. The van der Waals surface area contributed by atoms with Crippen molar-refractivity contribution in [3.63, 3.8) is 0 Å². The van der Waals surface area contributed by atoms with Crippen molar-refractivity contribution in [3.8, 4) is 0 Å². The predicted molar refractivity (Wildman–Crippen MR) is 80.1 cm³/mol. The molecule has 0 saturated carbocycles. The summed E-state index contributed by atoms with van der Waals surface area (Å²) in [5.41, 5.74) is 0.931. The van der Waals surface area contributed by atoms with E-state index in [1.165, 1.54) is 25.9 Å². The van der Waals surface area contributed by atoms with Crippen LogP contribution in [0.3, 0.4) is 0 Å². The maximum absolute atomic E-state index is 5.90. The van der Waals surface area contributed by atoms with Crippen LogP contribution in [0.15, 0.2) is 29.4 Å². The molecule has 4 heterocycles. The Morgan fingerprint density at radius 2 is 2.00 bits per heavy atom. The second kappa shape index (κ2) is 4.64. The summed E-state index contributed by atoms with van der Waals surface area (Å²) < 4.78 is 0. The van der Waals surface area contributed by atoms with E-state index in [1.54, 1.807) is 0 Å². The minimum atomic E-state index is -0.0781. The number of nitrogens with zero attached hydrogens (tertiary/aromatic N) is 2.